The number of methoxy groups -OCH3 is 2. The van der Waals surface area contributed by atoms with E-state index < -0.39 is 20.8 Å². The highest BCUT2D eigenvalue weighted by Crippen LogP contribution is 2.43. The Morgan fingerprint density at radius 2 is 1.81 bits per heavy atom. The van der Waals surface area contributed by atoms with Crippen LogP contribution in [0.3, 0.4) is 0 Å². The summed E-state index contributed by atoms with van der Waals surface area (Å²) in [5.74, 6) is 0.858. The summed E-state index contributed by atoms with van der Waals surface area (Å²) in [5.41, 5.74) is 0.277. The molecule has 0 radical (unpaired) electrons. The lowest BCUT2D eigenvalue weighted by atomic mass is 9.87. The first kappa shape index (κ1) is 22.4. The molecular weight excluding hydrogens is 441 g/mol. The second kappa shape index (κ2) is 8.60. The topological polar surface area (TPSA) is 55.8 Å². The SMILES string of the molecule is COc1cc2c(cc1OC)S(=O)(=O)C(CC1(F)CCN(Cc3cccc(Cl)c3)CC1)C2. The lowest BCUT2D eigenvalue weighted by molar-refractivity contribution is 0.0471. The Labute approximate surface area is 188 Å². The van der Waals surface area contributed by atoms with Crippen molar-refractivity contribution in [1.29, 1.82) is 0 Å². The zero-order valence-electron chi connectivity index (χ0n) is 17.7. The van der Waals surface area contributed by atoms with E-state index in [-0.39, 0.29) is 11.3 Å². The van der Waals surface area contributed by atoms with Crippen LogP contribution < -0.4 is 9.47 Å². The van der Waals surface area contributed by atoms with Gasteiger partial charge in [-0.2, -0.15) is 0 Å². The first-order valence-electron chi connectivity index (χ1n) is 10.4. The van der Waals surface area contributed by atoms with Gasteiger partial charge in [0.05, 0.1) is 24.4 Å². The molecule has 0 amide bonds. The Kier molecular flexibility index (Phi) is 6.21. The minimum absolute atomic E-state index is 0.0135. The molecule has 168 valence electrons. The third-order valence-corrected chi connectivity index (χ3v) is 8.84. The molecule has 2 aliphatic heterocycles. The summed E-state index contributed by atoms with van der Waals surface area (Å²) >= 11 is 6.05. The molecule has 1 saturated heterocycles. The third-order valence-electron chi connectivity index (χ3n) is 6.40. The molecule has 0 aromatic heterocycles. The number of fused-ring (bicyclic) bond motifs is 1. The van der Waals surface area contributed by atoms with Crippen LogP contribution in [0.4, 0.5) is 4.39 Å². The molecule has 2 aromatic carbocycles. The third kappa shape index (κ3) is 4.54. The predicted molar refractivity (Wildman–Crippen MR) is 119 cm³/mol. The number of ether oxygens (including phenoxy) is 2. The number of hydrogen-bond acceptors (Lipinski definition) is 5. The number of piperidine rings is 1. The zero-order chi connectivity index (χ0) is 22.2. The van der Waals surface area contributed by atoms with Gasteiger partial charge in [0.15, 0.2) is 21.3 Å². The van der Waals surface area contributed by atoms with Gasteiger partial charge in [0.2, 0.25) is 0 Å². The average molecular weight is 468 g/mol. The van der Waals surface area contributed by atoms with E-state index >= 15 is 4.39 Å². The summed E-state index contributed by atoms with van der Waals surface area (Å²) in [5, 5.41) is -0.0718. The molecule has 1 fully saturated rings. The average Bonchev–Trinajstić information content (AvgIpc) is 2.97. The van der Waals surface area contributed by atoms with Crippen molar-refractivity contribution in [2.24, 2.45) is 0 Å². The van der Waals surface area contributed by atoms with E-state index in [0.717, 1.165) is 5.56 Å². The van der Waals surface area contributed by atoms with Crippen molar-refractivity contribution in [1.82, 2.24) is 4.90 Å². The fourth-order valence-corrected chi connectivity index (χ4v) is 6.93. The van der Waals surface area contributed by atoms with Crippen molar-refractivity contribution in [2.45, 2.75) is 48.0 Å². The second-order valence-corrected chi connectivity index (χ2v) is 11.1. The van der Waals surface area contributed by atoms with Crippen LogP contribution in [0.1, 0.15) is 30.4 Å². The van der Waals surface area contributed by atoms with E-state index in [9.17, 15) is 8.42 Å². The van der Waals surface area contributed by atoms with Crippen LogP contribution in [0.2, 0.25) is 5.02 Å². The molecule has 8 heteroatoms. The molecule has 2 aliphatic rings. The maximum absolute atomic E-state index is 15.7. The van der Waals surface area contributed by atoms with Gasteiger partial charge in [-0.3, -0.25) is 4.90 Å². The number of likely N-dealkylation sites (tertiary alicyclic amines) is 1. The maximum Gasteiger partial charge on any atom is 0.182 e. The van der Waals surface area contributed by atoms with Crippen molar-refractivity contribution in [3.8, 4) is 11.5 Å². The van der Waals surface area contributed by atoms with Gasteiger partial charge >= 0.3 is 0 Å². The van der Waals surface area contributed by atoms with Gasteiger partial charge in [-0.25, -0.2) is 12.8 Å². The van der Waals surface area contributed by atoms with Crippen molar-refractivity contribution < 1.29 is 22.3 Å². The Hall–Kier alpha value is -1.83. The van der Waals surface area contributed by atoms with E-state index in [1.54, 1.807) is 6.07 Å². The number of rotatable bonds is 6. The minimum Gasteiger partial charge on any atom is -0.493 e. The van der Waals surface area contributed by atoms with Gasteiger partial charge < -0.3 is 9.47 Å². The summed E-state index contributed by atoms with van der Waals surface area (Å²) < 4.78 is 52.5. The number of benzene rings is 2. The molecule has 0 spiro atoms. The van der Waals surface area contributed by atoms with Crippen LogP contribution in [-0.2, 0) is 22.8 Å². The van der Waals surface area contributed by atoms with Gasteiger partial charge in [0.25, 0.3) is 0 Å². The monoisotopic (exact) mass is 467 g/mol. The molecule has 4 rings (SSSR count). The Bertz CT molecular complexity index is 1070. The fraction of sp³-hybridized carbons (Fsp3) is 0.478. The number of sulfone groups is 1. The van der Waals surface area contributed by atoms with Crippen LogP contribution in [0, 0.1) is 0 Å². The summed E-state index contributed by atoms with van der Waals surface area (Å²) in [6, 6.07) is 10.9. The second-order valence-electron chi connectivity index (χ2n) is 8.45. The van der Waals surface area contributed by atoms with Gasteiger partial charge in [-0.05, 0) is 55.0 Å². The zero-order valence-corrected chi connectivity index (χ0v) is 19.3. The molecular formula is C23H27ClFNO4S. The fourth-order valence-electron chi connectivity index (χ4n) is 4.66. The molecule has 1 atom stereocenters. The number of nitrogens with zero attached hydrogens (tertiary/aromatic N) is 1. The summed E-state index contributed by atoms with van der Waals surface area (Å²) in [6.07, 6.45) is 0.959. The molecule has 1 unspecified atom stereocenters. The van der Waals surface area contributed by atoms with Crippen molar-refractivity contribution in [3.63, 3.8) is 0 Å². The molecule has 0 N–H and O–H groups in total. The quantitative estimate of drug-likeness (QED) is 0.628. The number of hydrogen-bond donors (Lipinski definition) is 0. The van der Waals surface area contributed by atoms with Crippen molar-refractivity contribution in [3.05, 3.63) is 52.5 Å². The lowest BCUT2D eigenvalue weighted by Crippen LogP contribution is -2.43. The largest absolute Gasteiger partial charge is 0.493 e. The smallest absolute Gasteiger partial charge is 0.182 e. The summed E-state index contributed by atoms with van der Waals surface area (Å²) in [4.78, 5) is 2.43. The van der Waals surface area contributed by atoms with Gasteiger partial charge in [-0.1, -0.05) is 23.7 Å². The number of alkyl halides is 1. The lowest BCUT2D eigenvalue weighted by Gasteiger charge is -2.37. The van der Waals surface area contributed by atoms with Crippen LogP contribution in [0.5, 0.6) is 11.5 Å². The Balaban J connectivity index is 1.43. The highest BCUT2D eigenvalue weighted by molar-refractivity contribution is 7.92. The highest BCUT2D eigenvalue weighted by atomic mass is 35.5. The van der Waals surface area contributed by atoms with E-state index in [4.69, 9.17) is 21.1 Å². The van der Waals surface area contributed by atoms with E-state index in [0.29, 0.717) is 61.0 Å². The van der Waals surface area contributed by atoms with Crippen LogP contribution in [-0.4, -0.2) is 51.5 Å². The Morgan fingerprint density at radius 1 is 1.13 bits per heavy atom. The van der Waals surface area contributed by atoms with Crippen LogP contribution in [0.15, 0.2) is 41.3 Å². The first-order valence-corrected chi connectivity index (χ1v) is 12.3. The molecule has 0 saturated carbocycles. The molecule has 0 aliphatic carbocycles. The van der Waals surface area contributed by atoms with Crippen molar-refractivity contribution >= 4 is 21.4 Å². The van der Waals surface area contributed by atoms with E-state index in [1.807, 2.05) is 24.3 Å². The molecule has 5 nitrogen and oxygen atoms in total. The normalized spacial score (nSPS) is 22.1. The first-order chi connectivity index (χ1) is 14.7. The minimum atomic E-state index is -3.61. The van der Waals surface area contributed by atoms with Crippen LogP contribution in [0.25, 0.3) is 0 Å². The molecule has 2 aromatic rings. The standard InChI is InChI=1S/C23H27ClFNO4S/c1-29-20-12-17-11-19(31(27,28)22(17)13-21(20)30-2)14-23(25)6-8-26(9-7-23)15-16-4-3-5-18(24)10-16/h3-5,10,12-13,19H,6-9,11,14-15H2,1-2H3. The number of halogens is 2. The van der Waals surface area contributed by atoms with E-state index in [1.165, 1.54) is 20.3 Å². The molecule has 0 bridgehead atoms. The Morgan fingerprint density at radius 3 is 2.45 bits per heavy atom. The van der Waals surface area contributed by atoms with Gasteiger partial charge in [-0.15, -0.1) is 0 Å². The van der Waals surface area contributed by atoms with Gasteiger partial charge in [0, 0.05) is 30.7 Å². The summed E-state index contributed by atoms with van der Waals surface area (Å²) in [7, 11) is -0.630. The molecule has 31 heavy (non-hydrogen) atoms. The van der Waals surface area contributed by atoms with Crippen LogP contribution >= 0.6 is 11.6 Å². The molecule has 2 heterocycles. The van der Waals surface area contributed by atoms with Crippen molar-refractivity contribution in [2.75, 3.05) is 27.3 Å². The van der Waals surface area contributed by atoms with E-state index in [2.05, 4.69) is 4.90 Å². The highest BCUT2D eigenvalue weighted by Gasteiger charge is 2.45. The predicted octanol–water partition coefficient (Wildman–Crippen LogP) is 4.45. The summed E-state index contributed by atoms with van der Waals surface area (Å²) in [6.45, 7) is 1.89. The van der Waals surface area contributed by atoms with Gasteiger partial charge in [0.1, 0.15) is 5.67 Å². The maximum atomic E-state index is 15.7.